The van der Waals surface area contributed by atoms with Crippen molar-refractivity contribution in [1.29, 1.82) is 0 Å². The monoisotopic (exact) mass is 321 g/mol. The highest BCUT2D eigenvalue weighted by Gasteiger charge is 2.23. The second-order valence-electron chi connectivity index (χ2n) is 6.77. The van der Waals surface area contributed by atoms with Crippen LogP contribution in [0.25, 0.3) is 17.3 Å². The molecule has 24 heavy (non-hydrogen) atoms. The molecule has 1 aromatic carbocycles. The lowest BCUT2D eigenvalue weighted by Gasteiger charge is -2.07. The Bertz CT molecular complexity index is 832. The summed E-state index contributed by atoms with van der Waals surface area (Å²) in [6.45, 7) is 4.92. The van der Waals surface area contributed by atoms with Gasteiger partial charge in [-0.1, -0.05) is 12.1 Å². The minimum absolute atomic E-state index is 0.108. The molecular weight excluding hydrogens is 298 g/mol. The Kier molecular flexibility index (Phi) is 3.68. The number of nitrogens with one attached hydrogen (secondary N) is 3. The Morgan fingerprint density at radius 1 is 1.25 bits per heavy atom. The highest BCUT2D eigenvalue weighted by molar-refractivity contribution is 5.83. The van der Waals surface area contributed by atoms with Crippen LogP contribution < -0.4 is 10.6 Å². The SMILES string of the molecule is C/C=C\c1[nH]c(-c2ccc3c(c2)CC(C)N3)c2c1CC(=O)NCC2. The number of hydrogen-bond acceptors (Lipinski definition) is 2. The molecular formula is C20H23N3O. The van der Waals surface area contributed by atoms with Gasteiger partial charge in [-0.15, -0.1) is 0 Å². The number of carbonyl (C=O) groups excluding carboxylic acids is 1. The summed E-state index contributed by atoms with van der Waals surface area (Å²) in [5.41, 5.74) is 8.48. The van der Waals surface area contributed by atoms with E-state index >= 15 is 0 Å². The average molecular weight is 321 g/mol. The Morgan fingerprint density at radius 2 is 2.12 bits per heavy atom. The number of fused-ring (bicyclic) bond motifs is 2. The molecule has 4 rings (SSSR count). The molecule has 3 N–H and O–H groups in total. The van der Waals surface area contributed by atoms with Crippen LogP contribution in [0.3, 0.4) is 0 Å². The van der Waals surface area contributed by atoms with Gasteiger partial charge in [0, 0.05) is 29.7 Å². The van der Waals surface area contributed by atoms with Gasteiger partial charge < -0.3 is 15.6 Å². The van der Waals surface area contributed by atoms with Crippen molar-refractivity contribution in [3.8, 4) is 11.3 Å². The smallest absolute Gasteiger partial charge is 0.224 e. The maximum Gasteiger partial charge on any atom is 0.224 e. The molecule has 1 aromatic heterocycles. The number of allylic oxidation sites excluding steroid dienone is 1. The van der Waals surface area contributed by atoms with Crippen LogP contribution >= 0.6 is 0 Å². The first-order valence-electron chi connectivity index (χ1n) is 8.68. The molecule has 1 unspecified atom stereocenters. The van der Waals surface area contributed by atoms with Crippen molar-refractivity contribution in [3.63, 3.8) is 0 Å². The fourth-order valence-corrected chi connectivity index (χ4v) is 3.89. The highest BCUT2D eigenvalue weighted by atomic mass is 16.1. The average Bonchev–Trinajstić information content (AvgIpc) is 3.01. The standard InChI is InChI=1S/C20H23N3O/c1-3-4-18-16-11-19(24)21-8-7-15(16)20(23-18)13-5-6-17-14(10-13)9-12(2)22-17/h3-6,10,12,22-23H,7-9,11H2,1-2H3,(H,21,24)/b4-3-. The summed E-state index contributed by atoms with van der Waals surface area (Å²) in [4.78, 5) is 15.6. The second kappa shape index (κ2) is 5.86. The molecule has 2 aromatic rings. The van der Waals surface area contributed by atoms with Gasteiger partial charge in [0.2, 0.25) is 5.91 Å². The Morgan fingerprint density at radius 3 is 2.96 bits per heavy atom. The number of anilines is 1. The number of benzene rings is 1. The molecule has 2 aliphatic rings. The predicted molar refractivity (Wildman–Crippen MR) is 98.1 cm³/mol. The van der Waals surface area contributed by atoms with Gasteiger partial charge in [-0.05, 0) is 67.2 Å². The fraction of sp³-hybridized carbons (Fsp3) is 0.350. The summed E-state index contributed by atoms with van der Waals surface area (Å²) < 4.78 is 0. The summed E-state index contributed by atoms with van der Waals surface area (Å²) >= 11 is 0. The molecule has 0 saturated heterocycles. The summed E-state index contributed by atoms with van der Waals surface area (Å²) in [6, 6.07) is 7.14. The summed E-state index contributed by atoms with van der Waals surface area (Å²) in [5, 5.41) is 6.49. The molecule has 0 saturated carbocycles. The maximum absolute atomic E-state index is 12.0. The largest absolute Gasteiger partial charge is 0.382 e. The number of amides is 1. The topological polar surface area (TPSA) is 56.9 Å². The van der Waals surface area contributed by atoms with Crippen LogP contribution in [0.4, 0.5) is 5.69 Å². The zero-order valence-electron chi connectivity index (χ0n) is 14.2. The number of rotatable bonds is 2. The van der Waals surface area contributed by atoms with Gasteiger partial charge in [0.25, 0.3) is 0 Å². The number of aromatic amines is 1. The van der Waals surface area contributed by atoms with Crippen LogP contribution in [0.1, 0.15) is 36.2 Å². The van der Waals surface area contributed by atoms with Crippen molar-refractivity contribution in [2.45, 2.75) is 39.2 Å². The van der Waals surface area contributed by atoms with Crippen molar-refractivity contribution in [2.24, 2.45) is 0 Å². The van der Waals surface area contributed by atoms with E-state index in [9.17, 15) is 4.79 Å². The van der Waals surface area contributed by atoms with Crippen LogP contribution in [-0.2, 0) is 24.1 Å². The van der Waals surface area contributed by atoms with E-state index in [1.165, 1.54) is 22.4 Å². The van der Waals surface area contributed by atoms with Crippen LogP contribution in [-0.4, -0.2) is 23.5 Å². The van der Waals surface area contributed by atoms with Crippen molar-refractivity contribution < 1.29 is 4.79 Å². The number of carbonyl (C=O) groups is 1. The second-order valence-corrected chi connectivity index (χ2v) is 6.77. The molecule has 4 heteroatoms. The van der Waals surface area contributed by atoms with E-state index in [0.717, 1.165) is 29.8 Å². The Hall–Kier alpha value is -2.49. The van der Waals surface area contributed by atoms with Gasteiger partial charge in [-0.25, -0.2) is 0 Å². The lowest BCUT2D eigenvalue weighted by atomic mass is 9.98. The molecule has 1 atom stereocenters. The molecule has 3 heterocycles. The molecule has 2 aliphatic heterocycles. The summed E-state index contributed by atoms with van der Waals surface area (Å²) in [7, 11) is 0. The van der Waals surface area contributed by atoms with E-state index in [1.54, 1.807) is 0 Å². The molecule has 0 bridgehead atoms. The number of aromatic nitrogens is 1. The molecule has 0 aliphatic carbocycles. The van der Waals surface area contributed by atoms with Crippen molar-refractivity contribution in [2.75, 3.05) is 11.9 Å². The summed E-state index contributed by atoms with van der Waals surface area (Å²) in [6.07, 6.45) is 6.48. The Labute approximate surface area is 142 Å². The number of hydrogen-bond donors (Lipinski definition) is 3. The van der Waals surface area contributed by atoms with Crippen LogP contribution in [0, 0.1) is 0 Å². The van der Waals surface area contributed by atoms with E-state index in [-0.39, 0.29) is 5.91 Å². The zero-order chi connectivity index (χ0) is 16.7. The molecule has 124 valence electrons. The minimum atomic E-state index is 0.108. The third-order valence-corrected chi connectivity index (χ3v) is 4.94. The van der Waals surface area contributed by atoms with Crippen molar-refractivity contribution in [1.82, 2.24) is 10.3 Å². The molecule has 0 radical (unpaired) electrons. The van der Waals surface area contributed by atoms with E-state index in [0.29, 0.717) is 19.0 Å². The van der Waals surface area contributed by atoms with Gasteiger partial charge in [0.05, 0.1) is 6.42 Å². The zero-order valence-corrected chi connectivity index (χ0v) is 14.2. The molecule has 4 nitrogen and oxygen atoms in total. The first-order chi connectivity index (χ1) is 11.7. The van der Waals surface area contributed by atoms with Crippen LogP contribution in [0.15, 0.2) is 24.3 Å². The van der Waals surface area contributed by atoms with Gasteiger partial charge in [0.1, 0.15) is 0 Å². The lowest BCUT2D eigenvalue weighted by molar-refractivity contribution is -0.120. The number of H-pyrrole nitrogens is 1. The predicted octanol–water partition coefficient (Wildman–Crippen LogP) is 3.29. The van der Waals surface area contributed by atoms with E-state index in [2.05, 4.69) is 46.8 Å². The normalized spacial score (nSPS) is 19.6. The Balaban J connectivity index is 1.83. The van der Waals surface area contributed by atoms with Crippen LogP contribution in [0.2, 0.25) is 0 Å². The molecule has 1 amide bonds. The first-order valence-corrected chi connectivity index (χ1v) is 8.68. The molecule has 0 fully saturated rings. The third kappa shape index (κ3) is 2.52. The van der Waals surface area contributed by atoms with Crippen molar-refractivity contribution >= 4 is 17.7 Å². The first kappa shape index (κ1) is 15.1. The van der Waals surface area contributed by atoms with E-state index in [4.69, 9.17) is 0 Å². The molecule has 0 spiro atoms. The van der Waals surface area contributed by atoms with Gasteiger partial charge in [0.15, 0.2) is 0 Å². The third-order valence-electron chi connectivity index (χ3n) is 4.94. The lowest BCUT2D eigenvalue weighted by Crippen LogP contribution is -2.24. The van der Waals surface area contributed by atoms with Crippen LogP contribution in [0.5, 0.6) is 0 Å². The van der Waals surface area contributed by atoms with E-state index in [1.807, 2.05) is 13.0 Å². The van der Waals surface area contributed by atoms with E-state index < -0.39 is 0 Å². The maximum atomic E-state index is 12.0. The van der Waals surface area contributed by atoms with Gasteiger partial charge >= 0.3 is 0 Å². The quantitative estimate of drug-likeness (QED) is 0.795. The van der Waals surface area contributed by atoms with Gasteiger partial charge in [-0.3, -0.25) is 4.79 Å². The minimum Gasteiger partial charge on any atom is -0.382 e. The fourth-order valence-electron chi connectivity index (χ4n) is 3.89. The van der Waals surface area contributed by atoms with Crippen molar-refractivity contribution in [3.05, 3.63) is 46.7 Å². The summed E-state index contributed by atoms with van der Waals surface area (Å²) in [5.74, 6) is 0.108. The highest BCUT2D eigenvalue weighted by Crippen LogP contribution is 2.35. The van der Waals surface area contributed by atoms with Gasteiger partial charge in [-0.2, -0.15) is 0 Å².